The minimum Gasteiger partial charge on any atom is -0.480 e. The maximum Gasteiger partial charge on any atom is 0.326 e. The number of carboxylic acids is 1. The molecule has 0 fully saturated rings. The van der Waals surface area contributed by atoms with Gasteiger partial charge in [-0.3, -0.25) is 4.79 Å². The van der Waals surface area contributed by atoms with Gasteiger partial charge in [0.05, 0.1) is 0 Å². The third-order valence-corrected chi connectivity index (χ3v) is 5.28. The molecule has 4 rings (SSSR count). The van der Waals surface area contributed by atoms with Crippen LogP contribution in [0.5, 0.6) is 0 Å². The maximum absolute atomic E-state index is 12.5. The van der Waals surface area contributed by atoms with E-state index in [9.17, 15) is 14.7 Å². The highest BCUT2D eigenvalue weighted by molar-refractivity contribution is 9.10. The van der Waals surface area contributed by atoms with E-state index in [4.69, 9.17) is 0 Å². The molecule has 0 radical (unpaired) electrons. The third-order valence-electron chi connectivity index (χ3n) is 4.78. The Morgan fingerprint density at radius 2 is 2.00 bits per heavy atom. The van der Waals surface area contributed by atoms with E-state index in [1.807, 2.05) is 54.7 Å². The van der Waals surface area contributed by atoms with E-state index in [0.717, 1.165) is 31.8 Å². The van der Waals surface area contributed by atoms with Crippen LogP contribution in [0.3, 0.4) is 0 Å². The summed E-state index contributed by atoms with van der Waals surface area (Å²) in [6.45, 7) is 0.0532. The first-order valence-electron chi connectivity index (χ1n) is 8.83. The van der Waals surface area contributed by atoms with Gasteiger partial charge in [-0.2, -0.15) is 0 Å². The number of carbonyl (C=O) groups excluding carboxylic acids is 1. The Labute approximate surface area is 169 Å². The second-order valence-electron chi connectivity index (χ2n) is 6.67. The van der Waals surface area contributed by atoms with E-state index >= 15 is 0 Å². The molecule has 4 aromatic rings. The fourth-order valence-corrected chi connectivity index (χ4v) is 3.76. The second kappa shape index (κ2) is 7.52. The molecule has 2 aromatic heterocycles. The number of hydrogen-bond donors (Lipinski definition) is 3. The number of H-pyrrole nitrogens is 1. The van der Waals surface area contributed by atoms with E-state index in [0.29, 0.717) is 0 Å². The summed E-state index contributed by atoms with van der Waals surface area (Å²) in [5.74, 6) is -1.40. The predicted octanol–water partition coefficient (Wildman–Crippen LogP) is 3.70. The number of carboxylic acid groups (broad SMARTS) is 1. The zero-order valence-corrected chi connectivity index (χ0v) is 16.4. The average molecular weight is 440 g/mol. The Morgan fingerprint density at radius 1 is 1.18 bits per heavy atom. The first-order chi connectivity index (χ1) is 13.5. The fraction of sp³-hybridized carbons (Fsp3) is 0.143. The van der Waals surface area contributed by atoms with Crippen LogP contribution in [0.25, 0.3) is 21.8 Å². The maximum atomic E-state index is 12.5. The topological polar surface area (TPSA) is 87.1 Å². The minimum atomic E-state index is -1.06. The number of nitrogens with one attached hydrogen (secondary N) is 2. The van der Waals surface area contributed by atoms with Crippen molar-refractivity contribution in [3.05, 3.63) is 71.0 Å². The largest absolute Gasteiger partial charge is 0.480 e. The van der Waals surface area contributed by atoms with Gasteiger partial charge in [0.25, 0.3) is 0 Å². The number of fused-ring (bicyclic) bond motifs is 2. The molecule has 1 unspecified atom stereocenters. The van der Waals surface area contributed by atoms with Crippen molar-refractivity contribution in [2.75, 3.05) is 0 Å². The Kier molecular flexibility index (Phi) is 4.92. The van der Waals surface area contributed by atoms with E-state index in [1.165, 1.54) is 0 Å². The highest BCUT2D eigenvalue weighted by Crippen LogP contribution is 2.21. The molecule has 0 saturated heterocycles. The molecule has 0 spiro atoms. The number of para-hydroxylation sites is 1. The zero-order chi connectivity index (χ0) is 19.7. The standard InChI is InChI=1S/C21H18BrN3O3/c22-15-6-5-13-7-8-25(19(13)10-15)12-20(26)24-18(21(27)28)9-14-11-23-17-4-2-1-3-16(14)17/h1-8,10-11,18,23H,9,12H2,(H,24,26)(H,27,28). The van der Waals surface area contributed by atoms with Crippen molar-refractivity contribution in [2.24, 2.45) is 0 Å². The Hall–Kier alpha value is -3.06. The van der Waals surface area contributed by atoms with Gasteiger partial charge in [-0.25, -0.2) is 4.79 Å². The summed E-state index contributed by atoms with van der Waals surface area (Å²) in [5.41, 5.74) is 2.71. The van der Waals surface area contributed by atoms with E-state index in [1.54, 1.807) is 10.8 Å². The molecule has 3 N–H and O–H groups in total. The number of aromatic nitrogens is 2. The van der Waals surface area contributed by atoms with Crippen LogP contribution in [0, 0.1) is 0 Å². The molecule has 6 nitrogen and oxygen atoms in total. The monoisotopic (exact) mass is 439 g/mol. The number of nitrogens with zero attached hydrogens (tertiary/aromatic N) is 1. The average Bonchev–Trinajstić information content (AvgIpc) is 3.25. The summed E-state index contributed by atoms with van der Waals surface area (Å²) in [6, 6.07) is 14.5. The minimum absolute atomic E-state index is 0.0532. The lowest BCUT2D eigenvalue weighted by Gasteiger charge is -2.15. The molecule has 0 aliphatic rings. The summed E-state index contributed by atoms with van der Waals surface area (Å²) in [7, 11) is 0. The SMILES string of the molecule is O=C(Cn1ccc2ccc(Br)cc21)NC(Cc1c[nH]c2ccccc12)C(=O)O. The lowest BCUT2D eigenvalue weighted by Crippen LogP contribution is -2.43. The molecular weight excluding hydrogens is 422 g/mol. The van der Waals surface area contributed by atoms with Crippen LogP contribution >= 0.6 is 15.9 Å². The number of amides is 1. The summed E-state index contributed by atoms with van der Waals surface area (Å²) < 4.78 is 2.73. The van der Waals surface area contributed by atoms with Crippen molar-refractivity contribution < 1.29 is 14.7 Å². The van der Waals surface area contributed by atoms with Gasteiger partial charge in [0.1, 0.15) is 12.6 Å². The van der Waals surface area contributed by atoms with E-state index < -0.39 is 12.0 Å². The van der Waals surface area contributed by atoms with Crippen LogP contribution in [-0.4, -0.2) is 32.6 Å². The van der Waals surface area contributed by atoms with Crippen molar-refractivity contribution in [2.45, 2.75) is 19.0 Å². The summed E-state index contributed by atoms with van der Waals surface area (Å²) >= 11 is 3.44. The van der Waals surface area contributed by atoms with E-state index in [2.05, 4.69) is 26.2 Å². The molecule has 0 aliphatic heterocycles. The molecule has 1 atom stereocenters. The molecule has 7 heteroatoms. The number of aliphatic carboxylic acids is 1. The Morgan fingerprint density at radius 3 is 2.82 bits per heavy atom. The molecule has 0 saturated carbocycles. The first-order valence-corrected chi connectivity index (χ1v) is 9.62. The van der Waals surface area contributed by atoms with Crippen molar-refractivity contribution in [3.63, 3.8) is 0 Å². The first kappa shape index (κ1) is 18.3. The van der Waals surface area contributed by atoms with Gasteiger partial charge in [0.15, 0.2) is 0 Å². The van der Waals surface area contributed by atoms with Crippen LogP contribution in [0.15, 0.2) is 65.4 Å². The van der Waals surface area contributed by atoms with Crippen molar-refractivity contribution in [1.82, 2.24) is 14.9 Å². The van der Waals surface area contributed by atoms with Crippen LogP contribution in [0.4, 0.5) is 0 Å². The molecule has 142 valence electrons. The number of rotatable bonds is 6. The quantitative estimate of drug-likeness (QED) is 0.428. The number of aromatic amines is 1. The zero-order valence-electron chi connectivity index (χ0n) is 14.9. The van der Waals surface area contributed by atoms with Crippen LogP contribution in [0.2, 0.25) is 0 Å². The summed E-state index contributed by atoms with van der Waals surface area (Å²) in [4.78, 5) is 27.4. The normalized spacial score (nSPS) is 12.3. The van der Waals surface area contributed by atoms with Gasteiger partial charge in [0.2, 0.25) is 5.91 Å². The molecule has 2 heterocycles. The van der Waals surface area contributed by atoms with E-state index in [-0.39, 0.29) is 18.9 Å². The number of carbonyl (C=O) groups is 2. The molecule has 1 amide bonds. The summed E-state index contributed by atoms with van der Waals surface area (Å²) in [6.07, 6.45) is 3.83. The van der Waals surface area contributed by atoms with Crippen LogP contribution < -0.4 is 5.32 Å². The molecule has 28 heavy (non-hydrogen) atoms. The Bertz CT molecular complexity index is 1180. The second-order valence-corrected chi connectivity index (χ2v) is 7.58. The number of halogens is 1. The van der Waals surface area contributed by atoms with Gasteiger partial charge < -0.3 is 20.0 Å². The van der Waals surface area contributed by atoms with Gasteiger partial charge in [-0.1, -0.05) is 40.2 Å². The van der Waals surface area contributed by atoms with Crippen molar-refractivity contribution >= 4 is 49.6 Å². The highest BCUT2D eigenvalue weighted by Gasteiger charge is 2.22. The van der Waals surface area contributed by atoms with Gasteiger partial charge in [-0.05, 0) is 35.2 Å². The van der Waals surface area contributed by atoms with Crippen LogP contribution in [-0.2, 0) is 22.6 Å². The Balaban J connectivity index is 1.50. The highest BCUT2D eigenvalue weighted by atomic mass is 79.9. The van der Waals surface area contributed by atoms with Crippen molar-refractivity contribution in [1.29, 1.82) is 0 Å². The molecule has 0 bridgehead atoms. The molecule has 2 aromatic carbocycles. The molecule has 0 aliphatic carbocycles. The number of hydrogen-bond acceptors (Lipinski definition) is 2. The lowest BCUT2D eigenvalue weighted by molar-refractivity contribution is -0.141. The third kappa shape index (κ3) is 3.66. The number of benzene rings is 2. The summed E-state index contributed by atoms with van der Waals surface area (Å²) in [5, 5.41) is 14.2. The predicted molar refractivity (Wildman–Crippen MR) is 111 cm³/mol. The fourth-order valence-electron chi connectivity index (χ4n) is 3.41. The van der Waals surface area contributed by atoms with Gasteiger partial charge >= 0.3 is 5.97 Å². The lowest BCUT2D eigenvalue weighted by atomic mass is 10.0. The van der Waals surface area contributed by atoms with Gasteiger partial charge in [0, 0.05) is 39.7 Å². The van der Waals surface area contributed by atoms with Gasteiger partial charge in [-0.15, -0.1) is 0 Å². The van der Waals surface area contributed by atoms with Crippen molar-refractivity contribution in [3.8, 4) is 0 Å². The molecular formula is C21H18BrN3O3. The smallest absolute Gasteiger partial charge is 0.326 e. The van der Waals surface area contributed by atoms with Crippen LogP contribution in [0.1, 0.15) is 5.56 Å².